The number of anilines is 1. The van der Waals surface area contributed by atoms with Crippen LogP contribution in [0.15, 0.2) is 41.6 Å². The van der Waals surface area contributed by atoms with E-state index in [1.807, 2.05) is 12.1 Å². The number of pyridine rings is 1. The van der Waals surface area contributed by atoms with Crippen molar-refractivity contribution in [2.24, 2.45) is 0 Å². The molecule has 1 aliphatic heterocycles. The number of sulfone groups is 1. The summed E-state index contributed by atoms with van der Waals surface area (Å²) in [7, 11) is -3.37. The molecule has 0 unspecified atom stereocenters. The van der Waals surface area contributed by atoms with Crippen LogP contribution in [0.25, 0.3) is 22.4 Å². The molecule has 0 amide bonds. The fraction of sp³-hybridized carbons (Fsp3) is 0.333. The van der Waals surface area contributed by atoms with Gasteiger partial charge in [-0.1, -0.05) is 18.2 Å². The van der Waals surface area contributed by atoms with Crippen LogP contribution in [0, 0.1) is 0 Å². The van der Waals surface area contributed by atoms with Crippen LogP contribution >= 0.6 is 0 Å². The van der Waals surface area contributed by atoms with E-state index >= 15 is 0 Å². The second-order valence-corrected chi connectivity index (χ2v) is 8.50. The van der Waals surface area contributed by atoms with Gasteiger partial charge in [-0.3, -0.25) is 0 Å². The predicted molar refractivity (Wildman–Crippen MR) is 100 cm³/mol. The Balaban J connectivity index is 1.94. The lowest BCUT2D eigenvalue weighted by Crippen LogP contribution is -2.43. The van der Waals surface area contributed by atoms with Crippen molar-refractivity contribution in [3.63, 3.8) is 0 Å². The van der Waals surface area contributed by atoms with Gasteiger partial charge >= 0.3 is 0 Å². The molecule has 3 heterocycles. The number of hydrogen-bond donors (Lipinski definition) is 1. The maximum atomic E-state index is 12.2. The molecule has 0 bridgehead atoms. The van der Waals surface area contributed by atoms with Crippen molar-refractivity contribution in [1.29, 1.82) is 0 Å². The molecule has 0 radical (unpaired) electrons. The largest absolute Gasteiger partial charge is 0.377 e. The van der Waals surface area contributed by atoms with E-state index in [1.54, 1.807) is 24.5 Å². The molecule has 1 atom stereocenters. The number of rotatable bonds is 3. The number of benzene rings is 1. The number of aromatic amines is 1. The molecule has 136 valence electrons. The Labute approximate surface area is 152 Å². The number of imidazole rings is 1. The van der Waals surface area contributed by atoms with Crippen LogP contribution in [0.3, 0.4) is 0 Å². The quantitative estimate of drug-likeness (QED) is 0.759. The summed E-state index contributed by atoms with van der Waals surface area (Å²) in [4.78, 5) is 14.6. The zero-order chi connectivity index (χ0) is 18.3. The number of nitrogens with zero attached hydrogens (tertiary/aromatic N) is 3. The summed E-state index contributed by atoms with van der Waals surface area (Å²) >= 11 is 0. The van der Waals surface area contributed by atoms with E-state index < -0.39 is 9.84 Å². The van der Waals surface area contributed by atoms with Gasteiger partial charge < -0.3 is 14.6 Å². The van der Waals surface area contributed by atoms with Gasteiger partial charge in [0.1, 0.15) is 5.52 Å². The van der Waals surface area contributed by atoms with E-state index in [0.717, 1.165) is 17.7 Å². The Hall–Kier alpha value is -2.45. The highest BCUT2D eigenvalue weighted by molar-refractivity contribution is 7.90. The van der Waals surface area contributed by atoms with Gasteiger partial charge in [0.15, 0.2) is 15.5 Å². The zero-order valence-electron chi connectivity index (χ0n) is 14.6. The van der Waals surface area contributed by atoms with Crippen molar-refractivity contribution in [3.05, 3.63) is 36.7 Å². The van der Waals surface area contributed by atoms with Gasteiger partial charge in [-0.15, -0.1) is 0 Å². The first-order valence-electron chi connectivity index (χ1n) is 8.43. The average molecular weight is 372 g/mol. The monoisotopic (exact) mass is 372 g/mol. The number of H-pyrrole nitrogens is 1. The number of hydrogen-bond acceptors (Lipinski definition) is 6. The van der Waals surface area contributed by atoms with Gasteiger partial charge in [-0.2, -0.15) is 0 Å². The molecule has 1 aromatic carbocycles. The molecule has 4 rings (SSSR count). The van der Waals surface area contributed by atoms with E-state index in [0.29, 0.717) is 30.1 Å². The maximum Gasteiger partial charge on any atom is 0.180 e. The Morgan fingerprint density at radius 2 is 2.12 bits per heavy atom. The summed E-state index contributed by atoms with van der Waals surface area (Å²) in [5.41, 5.74) is 3.56. The van der Waals surface area contributed by atoms with E-state index in [1.165, 1.54) is 6.26 Å². The Kier molecular flexibility index (Phi) is 4.16. The van der Waals surface area contributed by atoms with E-state index in [2.05, 4.69) is 26.8 Å². The van der Waals surface area contributed by atoms with Crippen LogP contribution in [0.1, 0.15) is 6.92 Å². The molecule has 0 saturated carbocycles. The van der Waals surface area contributed by atoms with Crippen molar-refractivity contribution in [2.45, 2.75) is 17.9 Å². The summed E-state index contributed by atoms with van der Waals surface area (Å²) in [6.45, 7) is 4.16. The van der Waals surface area contributed by atoms with Crippen LogP contribution in [0.2, 0.25) is 0 Å². The third kappa shape index (κ3) is 2.95. The molecule has 0 aliphatic carbocycles. The molecule has 7 nitrogen and oxygen atoms in total. The topological polar surface area (TPSA) is 88.2 Å². The fourth-order valence-electron chi connectivity index (χ4n) is 3.36. The lowest BCUT2D eigenvalue weighted by molar-refractivity contribution is 0.0991. The van der Waals surface area contributed by atoms with Gasteiger partial charge in [-0.05, 0) is 19.1 Å². The highest BCUT2D eigenvalue weighted by Crippen LogP contribution is 2.33. The van der Waals surface area contributed by atoms with E-state index in [-0.39, 0.29) is 10.9 Å². The van der Waals surface area contributed by atoms with E-state index in [9.17, 15) is 8.42 Å². The third-order valence-electron chi connectivity index (χ3n) is 4.61. The summed E-state index contributed by atoms with van der Waals surface area (Å²) in [6, 6.07) is 9.07. The molecular weight excluding hydrogens is 352 g/mol. The molecule has 1 fully saturated rings. The van der Waals surface area contributed by atoms with Gasteiger partial charge in [0.05, 0.1) is 35.8 Å². The number of ether oxygens (including phenoxy) is 1. The Bertz CT molecular complexity index is 1060. The second kappa shape index (κ2) is 6.37. The number of nitrogens with one attached hydrogen (secondary N) is 1. The third-order valence-corrected chi connectivity index (χ3v) is 5.77. The Morgan fingerprint density at radius 3 is 2.88 bits per heavy atom. The lowest BCUT2D eigenvalue weighted by Gasteiger charge is -2.35. The second-order valence-electron chi connectivity index (χ2n) is 6.51. The summed E-state index contributed by atoms with van der Waals surface area (Å²) in [6.07, 6.45) is 2.82. The standard InChI is InChI=1S/C18H20N4O3S/c1-12-10-25-8-7-22(12)15-9-14(21-18-17(15)19-11-20-18)13-5-3-4-6-16(13)26(2,23)24/h3-6,9,11-12H,7-8,10H2,1-2H3,(H,19,20,21)/t12-/m1/s1. The minimum absolute atomic E-state index is 0.204. The molecule has 1 N–H and O–H groups in total. The Morgan fingerprint density at radius 1 is 1.31 bits per heavy atom. The first-order valence-corrected chi connectivity index (χ1v) is 10.3. The van der Waals surface area contributed by atoms with Crippen LogP contribution in [0.5, 0.6) is 0 Å². The van der Waals surface area contributed by atoms with Gasteiger partial charge in [-0.25, -0.2) is 18.4 Å². The van der Waals surface area contributed by atoms with Crippen molar-refractivity contribution in [3.8, 4) is 11.3 Å². The molecule has 1 aliphatic rings. The van der Waals surface area contributed by atoms with Crippen LogP contribution < -0.4 is 4.90 Å². The SMILES string of the molecule is C[C@@H]1COCCN1c1cc(-c2ccccc2S(C)(=O)=O)nc2nc[nH]c12. The first kappa shape index (κ1) is 17.0. The molecule has 8 heteroatoms. The fourth-order valence-corrected chi connectivity index (χ4v) is 4.26. The smallest absolute Gasteiger partial charge is 0.180 e. The normalized spacial score (nSPS) is 18.4. The highest BCUT2D eigenvalue weighted by Gasteiger charge is 2.24. The van der Waals surface area contributed by atoms with Crippen molar-refractivity contribution in [2.75, 3.05) is 30.9 Å². The highest BCUT2D eigenvalue weighted by atomic mass is 32.2. The van der Waals surface area contributed by atoms with Gasteiger partial charge in [0.25, 0.3) is 0 Å². The van der Waals surface area contributed by atoms with Gasteiger partial charge in [0.2, 0.25) is 0 Å². The predicted octanol–water partition coefficient (Wildman–Crippen LogP) is 2.25. The molecular formula is C18H20N4O3S. The molecule has 3 aromatic rings. The van der Waals surface area contributed by atoms with Crippen LogP contribution in [-0.4, -0.2) is 55.4 Å². The minimum Gasteiger partial charge on any atom is -0.377 e. The summed E-state index contributed by atoms with van der Waals surface area (Å²) in [5, 5.41) is 0. The number of morpholine rings is 1. The average Bonchev–Trinajstić information content (AvgIpc) is 3.09. The summed E-state index contributed by atoms with van der Waals surface area (Å²) < 4.78 is 29.9. The van der Waals surface area contributed by atoms with Gasteiger partial charge in [0, 0.05) is 24.4 Å². The van der Waals surface area contributed by atoms with Crippen LogP contribution in [-0.2, 0) is 14.6 Å². The van der Waals surface area contributed by atoms with Crippen molar-refractivity contribution in [1.82, 2.24) is 15.0 Å². The molecule has 1 saturated heterocycles. The van der Waals surface area contributed by atoms with Crippen molar-refractivity contribution >= 4 is 26.7 Å². The number of fused-ring (bicyclic) bond motifs is 1. The lowest BCUT2D eigenvalue weighted by atomic mass is 10.1. The maximum absolute atomic E-state index is 12.2. The summed E-state index contributed by atoms with van der Waals surface area (Å²) in [5.74, 6) is 0. The molecule has 26 heavy (non-hydrogen) atoms. The zero-order valence-corrected chi connectivity index (χ0v) is 15.5. The first-order chi connectivity index (χ1) is 12.4. The molecule has 0 spiro atoms. The van der Waals surface area contributed by atoms with Crippen LogP contribution in [0.4, 0.5) is 5.69 Å². The minimum atomic E-state index is -3.37. The molecule has 2 aromatic heterocycles. The van der Waals surface area contributed by atoms with Crippen molar-refractivity contribution < 1.29 is 13.2 Å². The van der Waals surface area contributed by atoms with E-state index in [4.69, 9.17) is 4.74 Å². The number of aromatic nitrogens is 3.